The number of benzene rings is 6. The van der Waals surface area contributed by atoms with Crippen molar-refractivity contribution in [3.8, 4) is 11.1 Å². The molecule has 0 aliphatic heterocycles. The second-order valence-electron chi connectivity index (χ2n) is 16.5. The highest BCUT2D eigenvalue weighted by atomic mass is 19.1. The van der Waals surface area contributed by atoms with Gasteiger partial charge < -0.3 is 9.80 Å². The Morgan fingerprint density at radius 1 is 0.518 bits per heavy atom. The zero-order valence-corrected chi connectivity index (χ0v) is 32.3. The molecule has 56 heavy (non-hydrogen) atoms. The van der Waals surface area contributed by atoms with Gasteiger partial charge in [-0.1, -0.05) is 51.5 Å². The number of allylic oxidation sites excluding steroid dienone is 3. The molecule has 0 aromatic heterocycles. The van der Waals surface area contributed by atoms with Gasteiger partial charge in [0, 0.05) is 45.5 Å². The average molecular weight is 747 g/mol. The van der Waals surface area contributed by atoms with Crippen LogP contribution in [0.15, 0.2) is 145 Å². The zero-order chi connectivity index (χ0) is 39.3. The van der Waals surface area contributed by atoms with E-state index in [1.165, 1.54) is 87.5 Å². The van der Waals surface area contributed by atoms with Crippen LogP contribution in [0.5, 0.6) is 0 Å². The molecule has 0 amide bonds. The van der Waals surface area contributed by atoms with Crippen molar-refractivity contribution in [1.82, 2.24) is 0 Å². The van der Waals surface area contributed by atoms with Gasteiger partial charge in [0.15, 0.2) is 0 Å². The van der Waals surface area contributed by atoms with Crippen molar-refractivity contribution in [3.63, 3.8) is 0 Å². The molecule has 6 heteroatoms. The Labute approximate surface area is 326 Å². The van der Waals surface area contributed by atoms with Crippen molar-refractivity contribution in [2.24, 2.45) is 5.92 Å². The number of anilines is 5. The fraction of sp³-hybridized carbons (Fsp3) is 0.200. The van der Waals surface area contributed by atoms with Gasteiger partial charge in [-0.15, -0.1) is 0 Å². The van der Waals surface area contributed by atoms with E-state index < -0.39 is 0 Å². The van der Waals surface area contributed by atoms with Gasteiger partial charge in [0.25, 0.3) is 0 Å². The number of rotatable bonds is 6. The fourth-order valence-corrected chi connectivity index (χ4v) is 9.87. The third-order valence-corrected chi connectivity index (χ3v) is 12.4. The molecule has 3 aliphatic rings. The first-order valence-corrected chi connectivity index (χ1v) is 19.1. The summed E-state index contributed by atoms with van der Waals surface area (Å²) >= 11 is 0. The van der Waals surface area contributed by atoms with Gasteiger partial charge in [0.2, 0.25) is 0 Å². The maximum atomic E-state index is 14.2. The predicted molar refractivity (Wildman–Crippen MR) is 219 cm³/mol. The van der Waals surface area contributed by atoms with E-state index in [0.717, 1.165) is 39.7 Å². The van der Waals surface area contributed by atoms with Crippen LogP contribution in [0.1, 0.15) is 68.4 Å². The van der Waals surface area contributed by atoms with E-state index in [-0.39, 0.29) is 45.9 Å². The lowest BCUT2D eigenvalue weighted by atomic mass is 9.69. The first-order chi connectivity index (χ1) is 26.7. The second-order valence-corrected chi connectivity index (χ2v) is 16.5. The van der Waals surface area contributed by atoms with E-state index in [9.17, 15) is 17.6 Å². The lowest BCUT2D eigenvalue weighted by Crippen LogP contribution is -2.31. The van der Waals surface area contributed by atoms with Gasteiger partial charge in [-0.2, -0.15) is 0 Å². The number of halogens is 4. The minimum atomic E-state index is -0.378. The van der Waals surface area contributed by atoms with Crippen LogP contribution in [0.25, 0.3) is 11.1 Å². The molecule has 0 spiro atoms. The molecule has 3 aliphatic carbocycles. The number of nitrogens with zero attached hydrogens (tertiary/aromatic N) is 2. The van der Waals surface area contributed by atoms with Crippen molar-refractivity contribution in [2.75, 3.05) is 9.80 Å². The molecule has 0 saturated heterocycles. The van der Waals surface area contributed by atoms with E-state index >= 15 is 0 Å². The molecule has 0 bridgehead atoms. The van der Waals surface area contributed by atoms with Crippen LogP contribution in [-0.4, -0.2) is 0 Å². The van der Waals surface area contributed by atoms with E-state index in [2.05, 4.69) is 87.8 Å². The summed E-state index contributed by atoms with van der Waals surface area (Å²) in [4.78, 5) is 4.14. The molecule has 9 rings (SSSR count). The molecular formula is C50H42F4N2. The molecular weight excluding hydrogens is 705 g/mol. The van der Waals surface area contributed by atoms with Gasteiger partial charge >= 0.3 is 0 Å². The summed E-state index contributed by atoms with van der Waals surface area (Å²) in [7, 11) is 0. The Morgan fingerprint density at radius 2 is 0.982 bits per heavy atom. The van der Waals surface area contributed by atoms with Crippen molar-refractivity contribution in [3.05, 3.63) is 196 Å². The predicted octanol–water partition coefficient (Wildman–Crippen LogP) is 14.0. The average Bonchev–Trinajstić information content (AvgIpc) is 3.54. The van der Waals surface area contributed by atoms with Gasteiger partial charge in [0.1, 0.15) is 23.3 Å². The Hall–Kier alpha value is -5.88. The van der Waals surface area contributed by atoms with Crippen molar-refractivity contribution in [2.45, 2.75) is 58.3 Å². The topological polar surface area (TPSA) is 6.48 Å². The Morgan fingerprint density at radius 3 is 1.46 bits per heavy atom. The van der Waals surface area contributed by atoms with Crippen molar-refractivity contribution in [1.29, 1.82) is 0 Å². The summed E-state index contributed by atoms with van der Waals surface area (Å²) in [5.41, 5.74) is 14.4. The Kier molecular flexibility index (Phi) is 8.21. The summed E-state index contributed by atoms with van der Waals surface area (Å²) in [6, 6.07) is 34.8. The second kappa shape index (κ2) is 12.8. The number of hydrogen-bond acceptors (Lipinski definition) is 2. The molecule has 0 heterocycles. The lowest BCUT2D eigenvalue weighted by Gasteiger charge is -2.37. The van der Waals surface area contributed by atoms with E-state index in [4.69, 9.17) is 0 Å². The molecule has 0 saturated carbocycles. The zero-order valence-electron chi connectivity index (χ0n) is 32.3. The first-order valence-electron chi connectivity index (χ1n) is 19.1. The highest BCUT2D eigenvalue weighted by Crippen LogP contribution is 2.63. The Bertz CT molecular complexity index is 2490. The van der Waals surface area contributed by atoms with Crippen LogP contribution >= 0.6 is 0 Å². The van der Waals surface area contributed by atoms with Crippen LogP contribution in [0.3, 0.4) is 0 Å². The van der Waals surface area contributed by atoms with Crippen LogP contribution in [-0.2, 0) is 10.8 Å². The molecule has 0 N–H and O–H groups in total. The molecule has 6 aromatic carbocycles. The summed E-state index contributed by atoms with van der Waals surface area (Å²) < 4.78 is 56.6. The SMILES string of the molecule is CC1=CC(N(c2ccc(F)cc2)c2ccc(F)cc2)=CC2C1c1ccc3c(c1C2(C)C)C(C)(C)c1cc(N(c2ccc(F)cc2)c2ccc(F)cc2)cc(C)c1-3. The monoisotopic (exact) mass is 746 g/mol. The van der Waals surface area contributed by atoms with Gasteiger partial charge in [-0.05, 0) is 179 Å². The largest absolute Gasteiger partial charge is 0.311 e. The maximum Gasteiger partial charge on any atom is 0.123 e. The summed E-state index contributed by atoms with van der Waals surface area (Å²) in [5, 5.41) is 0. The van der Waals surface area contributed by atoms with Gasteiger partial charge in [0.05, 0.1) is 0 Å². The van der Waals surface area contributed by atoms with Crippen LogP contribution < -0.4 is 9.80 Å². The normalized spacial score (nSPS) is 18.3. The molecule has 2 atom stereocenters. The molecule has 0 radical (unpaired) electrons. The third kappa shape index (κ3) is 5.52. The maximum absolute atomic E-state index is 14.2. The minimum absolute atomic E-state index is 0.107. The van der Waals surface area contributed by atoms with Crippen molar-refractivity contribution < 1.29 is 17.6 Å². The summed E-state index contributed by atoms with van der Waals surface area (Å²) in [5.74, 6) is -1.02. The molecule has 280 valence electrons. The lowest BCUT2D eigenvalue weighted by molar-refractivity contribution is 0.380. The highest BCUT2D eigenvalue weighted by molar-refractivity contribution is 5.89. The van der Waals surface area contributed by atoms with Crippen LogP contribution in [0.2, 0.25) is 0 Å². The number of fused-ring (bicyclic) bond motifs is 7. The van der Waals surface area contributed by atoms with Crippen molar-refractivity contribution >= 4 is 28.4 Å². The van der Waals surface area contributed by atoms with Crippen LogP contribution in [0, 0.1) is 36.1 Å². The fourth-order valence-electron chi connectivity index (χ4n) is 9.87. The van der Waals surface area contributed by atoms with E-state index in [1.807, 2.05) is 0 Å². The molecule has 6 aromatic rings. The smallest absolute Gasteiger partial charge is 0.123 e. The molecule has 0 fully saturated rings. The van der Waals surface area contributed by atoms with Gasteiger partial charge in [-0.25, -0.2) is 17.6 Å². The number of hydrogen-bond donors (Lipinski definition) is 0. The molecule has 2 nitrogen and oxygen atoms in total. The van der Waals surface area contributed by atoms with Gasteiger partial charge in [-0.3, -0.25) is 0 Å². The van der Waals surface area contributed by atoms with E-state index in [1.54, 1.807) is 48.5 Å². The Balaban J connectivity index is 1.17. The third-order valence-electron chi connectivity index (χ3n) is 12.4. The number of aryl methyl sites for hydroxylation is 1. The van der Waals surface area contributed by atoms with Crippen LogP contribution in [0.4, 0.5) is 46.0 Å². The van der Waals surface area contributed by atoms with E-state index in [0.29, 0.717) is 0 Å². The standard InChI is InChI=1S/C50H42F4N2/c1-29-25-39(55(35-15-7-31(51)8-16-35)36-17-9-32(52)10-18-36)27-43-45(29)41-23-24-42-46-30(2)26-40(28-44(46)50(5,6)48(42)47(41)49(43,3)4)56(37-19-11-33(53)12-20-37)38-21-13-34(54)14-22-38/h7-28,43,45H,1-6H3. The quantitative estimate of drug-likeness (QED) is 0.157. The first kappa shape index (κ1) is 35.8. The highest BCUT2D eigenvalue weighted by Gasteiger charge is 2.52. The minimum Gasteiger partial charge on any atom is -0.311 e. The molecule has 2 unspecified atom stereocenters. The summed E-state index contributed by atoms with van der Waals surface area (Å²) in [6.07, 6.45) is 4.58. The summed E-state index contributed by atoms with van der Waals surface area (Å²) in [6.45, 7) is 13.7.